The van der Waals surface area contributed by atoms with E-state index in [4.69, 9.17) is 5.26 Å². The highest BCUT2D eigenvalue weighted by atomic mass is 15.1. The van der Waals surface area contributed by atoms with Crippen molar-refractivity contribution in [1.29, 1.82) is 5.26 Å². The number of unbranched alkanes of at least 4 members (excludes halogenated alkanes) is 1. The molecule has 0 unspecified atom stereocenters. The van der Waals surface area contributed by atoms with Crippen molar-refractivity contribution in [2.45, 2.75) is 59.4 Å². The molecular formula is C15H31N3. The molecule has 0 fully saturated rings. The topological polar surface area (TPSA) is 39.1 Å². The summed E-state index contributed by atoms with van der Waals surface area (Å²) in [7, 11) is 2.18. The predicted molar refractivity (Wildman–Crippen MR) is 78.5 cm³/mol. The van der Waals surface area contributed by atoms with Gasteiger partial charge in [0.2, 0.25) is 0 Å². The Labute approximate surface area is 114 Å². The van der Waals surface area contributed by atoms with Crippen LogP contribution in [0.25, 0.3) is 0 Å². The maximum absolute atomic E-state index is 8.59. The molecule has 0 bridgehead atoms. The van der Waals surface area contributed by atoms with Gasteiger partial charge in [-0.2, -0.15) is 5.26 Å². The van der Waals surface area contributed by atoms with Gasteiger partial charge < -0.3 is 10.2 Å². The monoisotopic (exact) mass is 253 g/mol. The van der Waals surface area contributed by atoms with E-state index in [0.29, 0.717) is 12.5 Å². The first kappa shape index (κ1) is 17.4. The SMILES string of the molecule is CC(C)N(C)CCCCNCC(C)(C)CCC#N. The van der Waals surface area contributed by atoms with Crippen molar-refractivity contribution < 1.29 is 0 Å². The second-order valence-electron chi connectivity index (χ2n) is 6.28. The Morgan fingerprint density at radius 3 is 2.50 bits per heavy atom. The zero-order chi connectivity index (χ0) is 14.0. The lowest BCUT2D eigenvalue weighted by Gasteiger charge is -2.24. The van der Waals surface area contributed by atoms with Gasteiger partial charge in [-0.25, -0.2) is 0 Å². The van der Waals surface area contributed by atoms with Crippen molar-refractivity contribution in [3.8, 4) is 6.07 Å². The van der Waals surface area contributed by atoms with E-state index >= 15 is 0 Å². The van der Waals surface area contributed by atoms with Gasteiger partial charge in [0.1, 0.15) is 0 Å². The first-order chi connectivity index (χ1) is 8.39. The Morgan fingerprint density at radius 1 is 1.28 bits per heavy atom. The van der Waals surface area contributed by atoms with E-state index in [2.05, 4.69) is 51.0 Å². The van der Waals surface area contributed by atoms with E-state index in [1.54, 1.807) is 0 Å². The Morgan fingerprint density at radius 2 is 1.94 bits per heavy atom. The summed E-state index contributed by atoms with van der Waals surface area (Å²) in [5.74, 6) is 0. The number of nitrogens with one attached hydrogen (secondary N) is 1. The Balaban J connectivity index is 3.48. The molecule has 0 aliphatic carbocycles. The molecule has 0 aromatic heterocycles. The second kappa shape index (κ2) is 9.35. The molecule has 0 saturated carbocycles. The molecule has 0 aliphatic heterocycles. The smallest absolute Gasteiger partial charge is 0.0621 e. The van der Waals surface area contributed by atoms with Crippen LogP contribution in [0.2, 0.25) is 0 Å². The Bertz CT molecular complexity index is 241. The molecule has 0 saturated heterocycles. The zero-order valence-corrected chi connectivity index (χ0v) is 12.9. The van der Waals surface area contributed by atoms with Gasteiger partial charge in [-0.1, -0.05) is 13.8 Å². The molecule has 0 radical (unpaired) electrons. The molecule has 3 nitrogen and oxygen atoms in total. The zero-order valence-electron chi connectivity index (χ0n) is 12.9. The van der Waals surface area contributed by atoms with E-state index in [-0.39, 0.29) is 5.41 Å². The van der Waals surface area contributed by atoms with Gasteiger partial charge in [-0.05, 0) is 58.7 Å². The molecule has 1 N–H and O–H groups in total. The van der Waals surface area contributed by atoms with Gasteiger partial charge in [0.25, 0.3) is 0 Å². The second-order valence-corrected chi connectivity index (χ2v) is 6.28. The average Bonchev–Trinajstić information content (AvgIpc) is 2.30. The summed E-state index contributed by atoms with van der Waals surface area (Å²) in [6.45, 7) is 12.2. The fraction of sp³-hybridized carbons (Fsp3) is 0.933. The predicted octanol–water partition coefficient (Wildman–Crippen LogP) is 3.03. The third-order valence-corrected chi connectivity index (χ3v) is 3.51. The molecule has 0 atom stereocenters. The molecule has 18 heavy (non-hydrogen) atoms. The van der Waals surface area contributed by atoms with Crippen molar-refractivity contribution in [3.05, 3.63) is 0 Å². The van der Waals surface area contributed by atoms with Crippen molar-refractivity contribution in [2.24, 2.45) is 5.41 Å². The first-order valence-corrected chi connectivity index (χ1v) is 7.17. The van der Waals surface area contributed by atoms with Crippen molar-refractivity contribution in [3.63, 3.8) is 0 Å². The number of hydrogen-bond donors (Lipinski definition) is 1. The van der Waals surface area contributed by atoms with Gasteiger partial charge in [0.15, 0.2) is 0 Å². The van der Waals surface area contributed by atoms with Crippen LogP contribution in [0.4, 0.5) is 0 Å². The minimum atomic E-state index is 0.241. The maximum atomic E-state index is 8.59. The highest BCUT2D eigenvalue weighted by molar-refractivity contribution is 4.78. The minimum Gasteiger partial charge on any atom is -0.316 e. The molecule has 0 aliphatic rings. The average molecular weight is 253 g/mol. The summed E-state index contributed by atoms with van der Waals surface area (Å²) in [4.78, 5) is 2.39. The van der Waals surface area contributed by atoms with Gasteiger partial charge >= 0.3 is 0 Å². The largest absolute Gasteiger partial charge is 0.316 e. The van der Waals surface area contributed by atoms with Gasteiger partial charge in [0, 0.05) is 19.0 Å². The van der Waals surface area contributed by atoms with E-state index in [1.165, 1.54) is 19.4 Å². The van der Waals surface area contributed by atoms with E-state index in [9.17, 15) is 0 Å². The molecule has 0 aromatic rings. The molecule has 3 heteroatoms. The summed E-state index contributed by atoms with van der Waals surface area (Å²) in [6.07, 6.45) is 4.12. The standard InChI is InChI=1S/C15H31N3/c1-14(2)18(5)12-7-6-11-17-13-15(3,4)9-8-10-16/h14,17H,6-9,11-13H2,1-5H3. The number of rotatable bonds is 10. The van der Waals surface area contributed by atoms with E-state index < -0.39 is 0 Å². The summed E-state index contributed by atoms with van der Waals surface area (Å²) in [5.41, 5.74) is 0.241. The summed E-state index contributed by atoms with van der Waals surface area (Å²) in [6, 6.07) is 2.87. The van der Waals surface area contributed by atoms with Crippen LogP contribution in [-0.2, 0) is 0 Å². The van der Waals surface area contributed by atoms with E-state index in [1.807, 2.05) is 0 Å². The van der Waals surface area contributed by atoms with Crippen molar-refractivity contribution in [1.82, 2.24) is 10.2 Å². The lowest BCUT2D eigenvalue weighted by atomic mass is 9.88. The normalized spacial score (nSPS) is 12.1. The molecule has 106 valence electrons. The maximum Gasteiger partial charge on any atom is 0.0621 e. The molecule has 0 rings (SSSR count). The lowest BCUT2D eigenvalue weighted by molar-refractivity contribution is 0.265. The number of nitrogens with zero attached hydrogens (tertiary/aromatic N) is 2. The summed E-state index contributed by atoms with van der Waals surface area (Å²) in [5, 5.41) is 12.1. The molecule has 0 heterocycles. The van der Waals surface area contributed by atoms with Crippen LogP contribution in [-0.4, -0.2) is 37.6 Å². The molecular weight excluding hydrogens is 222 g/mol. The van der Waals surface area contributed by atoms with Gasteiger partial charge in [-0.15, -0.1) is 0 Å². The summed E-state index contributed by atoms with van der Waals surface area (Å²) >= 11 is 0. The minimum absolute atomic E-state index is 0.241. The van der Waals surface area contributed by atoms with Crippen LogP contribution in [0.1, 0.15) is 53.4 Å². The fourth-order valence-corrected chi connectivity index (χ4v) is 1.78. The third-order valence-electron chi connectivity index (χ3n) is 3.51. The molecule has 0 aromatic carbocycles. The lowest BCUT2D eigenvalue weighted by Crippen LogP contribution is -2.31. The van der Waals surface area contributed by atoms with Crippen LogP contribution < -0.4 is 5.32 Å². The Kier molecular flexibility index (Phi) is 9.05. The van der Waals surface area contributed by atoms with Crippen LogP contribution in [0.3, 0.4) is 0 Å². The number of nitriles is 1. The highest BCUT2D eigenvalue weighted by Gasteiger charge is 2.16. The highest BCUT2D eigenvalue weighted by Crippen LogP contribution is 2.20. The Hall–Kier alpha value is -0.590. The molecule has 0 spiro atoms. The quantitative estimate of drug-likeness (QED) is 0.608. The van der Waals surface area contributed by atoms with Crippen LogP contribution in [0.15, 0.2) is 0 Å². The van der Waals surface area contributed by atoms with Gasteiger partial charge in [0.05, 0.1) is 6.07 Å². The van der Waals surface area contributed by atoms with Gasteiger partial charge in [-0.3, -0.25) is 0 Å². The molecule has 0 amide bonds. The third kappa shape index (κ3) is 9.44. The van der Waals surface area contributed by atoms with Crippen molar-refractivity contribution >= 4 is 0 Å². The van der Waals surface area contributed by atoms with Crippen LogP contribution in [0.5, 0.6) is 0 Å². The number of hydrogen-bond acceptors (Lipinski definition) is 3. The van der Waals surface area contributed by atoms with Crippen LogP contribution >= 0.6 is 0 Å². The fourth-order valence-electron chi connectivity index (χ4n) is 1.78. The van der Waals surface area contributed by atoms with Crippen molar-refractivity contribution in [2.75, 3.05) is 26.7 Å². The first-order valence-electron chi connectivity index (χ1n) is 7.17. The van der Waals surface area contributed by atoms with E-state index in [0.717, 1.165) is 19.5 Å². The summed E-state index contributed by atoms with van der Waals surface area (Å²) < 4.78 is 0. The van der Waals surface area contributed by atoms with Crippen LogP contribution in [0, 0.1) is 16.7 Å².